The van der Waals surface area contributed by atoms with Gasteiger partial charge in [-0.25, -0.2) is 4.79 Å². The predicted octanol–water partition coefficient (Wildman–Crippen LogP) is 4.78. The van der Waals surface area contributed by atoms with E-state index in [9.17, 15) is 9.90 Å². The lowest BCUT2D eigenvalue weighted by Gasteiger charge is -2.12. The van der Waals surface area contributed by atoms with Crippen LogP contribution in [0.15, 0.2) is 48.5 Å². The fourth-order valence-corrected chi connectivity index (χ4v) is 2.47. The molecule has 20 heavy (non-hydrogen) atoms. The molecule has 0 saturated carbocycles. The lowest BCUT2D eigenvalue weighted by molar-refractivity contribution is 0.0697. The van der Waals surface area contributed by atoms with Crippen LogP contribution in [0.1, 0.15) is 42.1 Å². The molecule has 0 fully saturated rings. The minimum absolute atomic E-state index is 0.371. The minimum atomic E-state index is -0.871. The smallest absolute Gasteiger partial charge is 0.336 e. The zero-order valence-electron chi connectivity index (χ0n) is 11.8. The van der Waals surface area contributed by atoms with E-state index in [1.54, 1.807) is 12.1 Å². The standard InChI is InChI=1S/C18H20O2/c1-2-3-4-9-14-10-5-6-11-15(14)16-12-7-8-13-17(16)18(19)20/h5-8,10-13H,2-4,9H2,1H3,(H,19,20). The minimum Gasteiger partial charge on any atom is -0.478 e. The first-order valence-corrected chi connectivity index (χ1v) is 7.14. The Morgan fingerprint density at radius 2 is 1.60 bits per heavy atom. The molecule has 2 heteroatoms. The molecule has 1 N–H and O–H groups in total. The van der Waals surface area contributed by atoms with Gasteiger partial charge in [-0.1, -0.05) is 62.2 Å². The number of unbranched alkanes of at least 4 members (excludes halogenated alkanes) is 2. The number of carboxylic acid groups (broad SMARTS) is 1. The summed E-state index contributed by atoms with van der Waals surface area (Å²) in [7, 11) is 0. The molecule has 2 nitrogen and oxygen atoms in total. The van der Waals surface area contributed by atoms with Gasteiger partial charge in [-0.05, 0) is 35.6 Å². The van der Waals surface area contributed by atoms with Gasteiger partial charge in [0.15, 0.2) is 0 Å². The predicted molar refractivity (Wildman–Crippen MR) is 82.1 cm³/mol. The molecule has 0 amide bonds. The van der Waals surface area contributed by atoms with Crippen molar-refractivity contribution in [2.24, 2.45) is 0 Å². The fraction of sp³-hybridized carbons (Fsp3) is 0.278. The number of carbonyl (C=O) groups is 1. The van der Waals surface area contributed by atoms with Crippen LogP contribution in [0.25, 0.3) is 11.1 Å². The first-order chi connectivity index (χ1) is 9.74. The van der Waals surface area contributed by atoms with Crippen molar-refractivity contribution in [2.45, 2.75) is 32.6 Å². The Morgan fingerprint density at radius 1 is 0.950 bits per heavy atom. The second kappa shape index (κ2) is 6.90. The van der Waals surface area contributed by atoms with Crippen LogP contribution in [-0.4, -0.2) is 11.1 Å². The molecule has 0 radical (unpaired) electrons. The summed E-state index contributed by atoms with van der Waals surface area (Å²) in [5, 5.41) is 9.33. The molecule has 2 rings (SSSR count). The lowest BCUT2D eigenvalue weighted by Crippen LogP contribution is -2.00. The first-order valence-electron chi connectivity index (χ1n) is 7.14. The average molecular weight is 268 g/mol. The van der Waals surface area contributed by atoms with Crippen LogP contribution in [0.2, 0.25) is 0 Å². The van der Waals surface area contributed by atoms with E-state index in [0.717, 1.165) is 24.0 Å². The van der Waals surface area contributed by atoms with Crippen LogP contribution in [-0.2, 0) is 6.42 Å². The summed E-state index contributed by atoms with van der Waals surface area (Å²) in [6.45, 7) is 2.19. The molecule has 0 atom stereocenters. The number of carboxylic acids is 1. The van der Waals surface area contributed by atoms with Crippen molar-refractivity contribution in [2.75, 3.05) is 0 Å². The maximum absolute atomic E-state index is 11.4. The van der Waals surface area contributed by atoms with Gasteiger partial charge in [0.1, 0.15) is 0 Å². The number of benzene rings is 2. The Bertz CT molecular complexity index is 587. The summed E-state index contributed by atoms with van der Waals surface area (Å²) in [5.41, 5.74) is 3.46. The van der Waals surface area contributed by atoms with Crippen molar-refractivity contribution < 1.29 is 9.90 Å². The summed E-state index contributed by atoms with van der Waals surface area (Å²) in [6, 6.07) is 15.3. The summed E-state index contributed by atoms with van der Waals surface area (Å²) in [6.07, 6.45) is 4.53. The maximum Gasteiger partial charge on any atom is 0.336 e. The molecular formula is C18H20O2. The van der Waals surface area contributed by atoms with Gasteiger partial charge in [0, 0.05) is 0 Å². The molecule has 0 spiro atoms. The van der Waals surface area contributed by atoms with E-state index in [-0.39, 0.29) is 0 Å². The van der Waals surface area contributed by atoms with E-state index < -0.39 is 5.97 Å². The van der Waals surface area contributed by atoms with Gasteiger partial charge in [0.2, 0.25) is 0 Å². The van der Waals surface area contributed by atoms with Crippen LogP contribution in [0.5, 0.6) is 0 Å². The highest BCUT2D eigenvalue weighted by molar-refractivity contribution is 5.96. The third-order valence-corrected chi connectivity index (χ3v) is 3.51. The van der Waals surface area contributed by atoms with Crippen LogP contribution < -0.4 is 0 Å². The second-order valence-electron chi connectivity index (χ2n) is 4.96. The van der Waals surface area contributed by atoms with Gasteiger partial charge in [-0.15, -0.1) is 0 Å². The molecule has 2 aromatic rings. The number of aromatic carboxylic acids is 1. The number of hydrogen-bond donors (Lipinski definition) is 1. The van der Waals surface area contributed by atoms with Crippen LogP contribution in [0.4, 0.5) is 0 Å². The third-order valence-electron chi connectivity index (χ3n) is 3.51. The van der Waals surface area contributed by atoms with Crippen molar-refractivity contribution >= 4 is 5.97 Å². The molecule has 104 valence electrons. The quantitative estimate of drug-likeness (QED) is 0.765. The summed E-state index contributed by atoms with van der Waals surface area (Å²) in [4.78, 5) is 11.4. The van der Waals surface area contributed by atoms with Gasteiger partial charge in [-0.2, -0.15) is 0 Å². The molecule has 0 unspecified atom stereocenters. The lowest BCUT2D eigenvalue weighted by atomic mass is 9.93. The Labute approximate surface area is 120 Å². The van der Waals surface area contributed by atoms with E-state index in [1.165, 1.54) is 18.4 Å². The molecule has 0 bridgehead atoms. The van der Waals surface area contributed by atoms with Gasteiger partial charge >= 0.3 is 5.97 Å². The average Bonchev–Trinajstić information content (AvgIpc) is 2.48. The Hall–Kier alpha value is -2.09. The van der Waals surface area contributed by atoms with Crippen molar-refractivity contribution in [3.05, 3.63) is 59.7 Å². The number of hydrogen-bond acceptors (Lipinski definition) is 1. The van der Waals surface area contributed by atoms with Crippen molar-refractivity contribution in [1.29, 1.82) is 0 Å². The zero-order chi connectivity index (χ0) is 14.4. The third kappa shape index (κ3) is 3.27. The summed E-state index contributed by atoms with van der Waals surface area (Å²) >= 11 is 0. The molecule has 0 aliphatic heterocycles. The fourth-order valence-electron chi connectivity index (χ4n) is 2.47. The van der Waals surface area contributed by atoms with Gasteiger partial charge in [0.25, 0.3) is 0 Å². The SMILES string of the molecule is CCCCCc1ccccc1-c1ccccc1C(=O)O. The van der Waals surface area contributed by atoms with Gasteiger partial charge in [0.05, 0.1) is 5.56 Å². The van der Waals surface area contributed by atoms with Crippen molar-refractivity contribution in [3.63, 3.8) is 0 Å². The van der Waals surface area contributed by atoms with Crippen molar-refractivity contribution in [3.8, 4) is 11.1 Å². The number of aryl methyl sites for hydroxylation is 1. The van der Waals surface area contributed by atoms with Crippen LogP contribution >= 0.6 is 0 Å². The maximum atomic E-state index is 11.4. The zero-order valence-corrected chi connectivity index (χ0v) is 11.8. The Morgan fingerprint density at radius 3 is 2.30 bits per heavy atom. The Kier molecular flexibility index (Phi) is 4.94. The molecule has 0 aliphatic rings. The van der Waals surface area contributed by atoms with E-state index in [2.05, 4.69) is 13.0 Å². The first kappa shape index (κ1) is 14.3. The van der Waals surface area contributed by atoms with E-state index in [1.807, 2.05) is 30.3 Å². The topological polar surface area (TPSA) is 37.3 Å². The monoisotopic (exact) mass is 268 g/mol. The molecular weight excluding hydrogens is 248 g/mol. The summed E-state index contributed by atoms with van der Waals surface area (Å²) in [5.74, 6) is -0.871. The Balaban J connectivity index is 2.40. The largest absolute Gasteiger partial charge is 0.478 e. The molecule has 2 aromatic carbocycles. The van der Waals surface area contributed by atoms with Crippen LogP contribution in [0.3, 0.4) is 0 Å². The summed E-state index contributed by atoms with van der Waals surface area (Å²) < 4.78 is 0. The highest BCUT2D eigenvalue weighted by Crippen LogP contribution is 2.28. The van der Waals surface area contributed by atoms with Crippen LogP contribution in [0, 0.1) is 0 Å². The van der Waals surface area contributed by atoms with E-state index in [0.29, 0.717) is 5.56 Å². The highest BCUT2D eigenvalue weighted by Gasteiger charge is 2.13. The van der Waals surface area contributed by atoms with Crippen molar-refractivity contribution in [1.82, 2.24) is 0 Å². The number of rotatable bonds is 6. The molecule has 0 aliphatic carbocycles. The molecule has 0 heterocycles. The molecule has 0 aromatic heterocycles. The normalized spacial score (nSPS) is 10.4. The van der Waals surface area contributed by atoms with E-state index >= 15 is 0 Å². The van der Waals surface area contributed by atoms with E-state index in [4.69, 9.17) is 0 Å². The highest BCUT2D eigenvalue weighted by atomic mass is 16.4. The van der Waals surface area contributed by atoms with Gasteiger partial charge < -0.3 is 5.11 Å². The molecule has 0 saturated heterocycles. The van der Waals surface area contributed by atoms with Gasteiger partial charge in [-0.3, -0.25) is 0 Å². The second-order valence-corrected chi connectivity index (χ2v) is 4.96.